The van der Waals surface area contributed by atoms with E-state index in [1.165, 1.54) is 6.07 Å². The molecule has 1 aliphatic rings. The van der Waals surface area contributed by atoms with Crippen LogP contribution in [-0.2, 0) is 4.79 Å². The average Bonchev–Trinajstić information content (AvgIpc) is 2.34. The first kappa shape index (κ1) is 13.0. The van der Waals surface area contributed by atoms with Gasteiger partial charge in [-0.1, -0.05) is 0 Å². The molecule has 2 N–H and O–H groups in total. The van der Waals surface area contributed by atoms with Crippen LogP contribution in [0, 0.1) is 11.6 Å². The lowest BCUT2D eigenvalue weighted by molar-refractivity contribution is -0.118. The van der Waals surface area contributed by atoms with E-state index in [1.807, 2.05) is 6.92 Å². The van der Waals surface area contributed by atoms with Crippen LogP contribution in [0.4, 0.5) is 14.5 Å². The highest BCUT2D eigenvalue weighted by Gasteiger charge is 2.24. The summed E-state index contributed by atoms with van der Waals surface area (Å²) in [6, 6.07) is 3.38. The summed E-state index contributed by atoms with van der Waals surface area (Å²) in [4.78, 5) is 11.9. The van der Waals surface area contributed by atoms with E-state index in [0.29, 0.717) is 6.04 Å². The fourth-order valence-electron chi connectivity index (χ4n) is 2.15. The number of carbonyl (C=O) groups is 1. The minimum absolute atomic E-state index is 0.201. The standard InChI is InChI=1S/C13H16F2N2O/c1-8-3-2-4-12(16-8)13(18)17-9-5-6-10(14)11(15)7-9/h5-8,12,16H,2-4H2,1H3,(H,17,18). The van der Waals surface area contributed by atoms with Crippen molar-refractivity contribution >= 4 is 11.6 Å². The van der Waals surface area contributed by atoms with E-state index in [-0.39, 0.29) is 17.6 Å². The Hall–Kier alpha value is -1.49. The third-order valence-electron chi connectivity index (χ3n) is 3.12. The van der Waals surface area contributed by atoms with Crippen LogP contribution in [0.25, 0.3) is 0 Å². The number of carbonyl (C=O) groups excluding carboxylic acids is 1. The number of nitrogens with one attached hydrogen (secondary N) is 2. The van der Waals surface area contributed by atoms with Crippen LogP contribution in [0.15, 0.2) is 18.2 Å². The van der Waals surface area contributed by atoms with Crippen molar-refractivity contribution in [3.8, 4) is 0 Å². The van der Waals surface area contributed by atoms with E-state index in [9.17, 15) is 13.6 Å². The second-order valence-corrected chi connectivity index (χ2v) is 4.67. The maximum Gasteiger partial charge on any atom is 0.241 e. The molecule has 3 nitrogen and oxygen atoms in total. The van der Waals surface area contributed by atoms with Crippen molar-refractivity contribution < 1.29 is 13.6 Å². The number of hydrogen-bond donors (Lipinski definition) is 2. The molecule has 5 heteroatoms. The van der Waals surface area contributed by atoms with Crippen LogP contribution in [0.5, 0.6) is 0 Å². The van der Waals surface area contributed by atoms with Crippen molar-refractivity contribution in [2.75, 3.05) is 5.32 Å². The van der Waals surface area contributed by atoms with Crippen LogP contribution >= 0.6 is 0 Å². The molecule has 2 unspecified atom stereocenters. The molecule has 0 aliphatic carbocycles. The largest absolute Gasteiger partial charge is 0.325 e. The third kappa shape index (κ3) is 3.04. The zero-order valence-electron chi connectivity index (χ0n) is 10.2. The Bertz CT molecular complexity index is 451. The van der Waals surface area contributed by atoms with Crippen molar-refractivity contribution in [3.05, 3.63) is 29.8 Å². The summed E-state index contributed by atoms with van der Waals surface area (Å²) < 4.78 is 25.7. The zero-order valence-corrected chi connectivity index (χ0v) is 10.2. The van der Waals surface area contributed by atoms with Crippen LogP contribution in [-0.4, -0.2) is 18.0 Å². The molecule has 1 aromatic carbocycles. The van der Waals surface area contributed by atoms with Gasteiger partial charge in [0.15, 0.2) is 11.6 Å². The third-order valence-corrected chi connectivity index (χ3v) is 3.12. The van der Waals surface area contributed by atoms with Gasteiger partial charge in [-0.2, -0.15) is 0 Å². The zero-order chi connectivity index (χ0) is 13.1. The predicted molar refractivity (Wildman–Crippen MR) is 65.2 cm³/mol. The van der Waals surface area contributed by atoms with Gasteiger partial charge in [-0.25, -0.2) is 8.78 Å². The molecular formula is C13H16F2N2O. The molecule has 98 valence electrons. The lowest BCUT2D eigenvalue weighted by Gasteiger charge is -2.27. The number of rotatable bonds is 2. The number of hydrogen-bond acceptors (Lipinski definition) is 2. The molecule has 1 aliphatic heterocycles. The molecule has 0 radical (unpaired) electrons. The molecule has 0 aromatic heterocycles. The van der Waals surface area contributed by atoms with Crippen molar-refractivity contribution in [1.29, 1.82) is 0 Å². The van der Waals surface area contributed by atoms with Gasteiger partial charge in [0.1, 0.15) is 0 Å². The molecule has 1 aromatic rings. The fraction of sp³-hybridized carbons (Fsp3) is 0.462. The summed E-state index contributed by atoms with van der Waals surface area (Å²) in [6.45, 7) is 2.02. The Morgan fingerprint density at radius 3 is 2.78 bits per heavy atom. The Morgan fingerprint density at radius 1 is 1.33 bits per heavy atom. The highest BCUT2D eigenvalue weighted by molar-refractivity contribution is 5.94. The minimum atomic E-state index is -0.960. The molecule has 18 heavy (non-hydrogen) atoms. The molecule has 0 bridgehead atoms. The van der Waals surface area contributed by atoms with E-state index in [0.717, 1.165) is 31.4 Å². The van der Waals surface area contributed by atoms with Gasteiger partial charge in [0.25, 0.3) is 0 Å². The Morgan fingerprint density at radius 2 is 2.11 bits per heavy atom. The summed E-state index contributed by atoms with van der Waals surface area (Å²) in [5.74, 6) is -2.08. The molecule has 0 spiro atoms. The fourth-order valence-corrected chi connectivity index (χ4v) is 2.15. The normalized spacial score (nSPS) is 23.7. The van der Waals surface area contributed by atoms with Gasteiger partial charge < -0.3 is 10.6 Å². The van der Waals surface area contributed by atoms with Gasteiger partial charge in [0.05, 0.1) is 6.04 Å². The van der Waals surface area contributed by atoms with Crippen molar-refractivity contribution in [2.24, 2.45) is 0 Å². The average molecular weight is 254 g/mol. The minimum Gasteiger partial charge on any atom is -0.325 e. The second-order valence-electron chi connectivity index (χ2n) is 4.67. The maximum absolute atomic E-state index is 13.0. The Labute approximate surface area is 105 Å². The summed E-state index contributed by atoms with van der Waals surface area (Å²) in [5.41, 5.74) is 0.277. The van der Waals surface area contributed by atoms with Gasteiger partial charge in [0, 0.05) is 17.8 Å². The molecule has 1 amide bonds. The van der Waals surface area contributed by atoms with Crippen molar-refractivity contribution in [1.82, 2.24) is 5.32 Å². The topological polar surface area (TPSA) is 41.1 Å². The smallest absolute Gasteiger partial charge is 0.241 e. The van der Waals surface area contributed by atoms with Crippen LogP contribution in [0.3, 0.4) is 0 Å². The van der Waals surface area contributed by atoms with Gasteiger partial charge in [0.2, 0.25) is 5.91 Å². The SMILES string of the molecule is CC1CCCC(C(=O)Nc2ccc(F)c(F)c2)N1. The van der Waals surface area contributed by atoms with Gasteiger partial charge in [-0.15, -0.1) is 0 Å². The van der Waals surface area contributed by atoms with Crippen LogP contribution in [0.1, 0.15) is 26.2 Å². The molecule has 1 fully saturated rings. The quantitative estimate of drug-likeness (QED) is 0.851. The maximum atomic E-state index is 13.0. The highest BCUT2D eigenvalue weighted by atomic mass is 19.2. The van der Waals surface area contributed by atoms with Gasteiger partial charge in [-0.05, 0) is 38.3 Å². The van der Waals surface area contributed by atoms with Crippen LogP contribution in [0.2, 0.25) is 0 Å². The molecule has 2 atom stereocenters. The van der Waals surface area contributed by atoms with E-state index in [1.54, 1.807) is 0 Å². The molecule has 1 heterocycles. The lowest BCUT2D eigenvalue weighted by atomic mass is 9.99. The van der Waals surface area contributed by atoms with Crippen molar-refractivity contribution in [2.45, 2.75) is 38.3 Å². The Balaban J connectivity index is 2.00. The molecule has 1 saturated heterocycles. The summed E-state index contributed by atoms with van der Waals surface area (Å²) in [7, 11) is 0. The first-order chi connectivity index (χ1) is 8.56. The summed E-state index contributed by atoms with van der Waals surface area (Å²) in [6.07, 6.45) is 2.80. The predicted octanol–water partition coefficient (Wildman–Crippen LogP) is 2.43. The summed E-state index contributed by atoms with van der Waals surface area (Å²) in [5, 5.41) is 5.77. The summed E-state index contributed by atoms with van der Waals surface area (Å²) >= 11 is 0. The van der Waals surface area contributed by atoms with E-state index >= 15 is 0 Å². The van der Waals surface area contributed by atoms with E-state index in [2.05, 4.69) is 10.6 Å². The van der Waals surface area contributed by atoms with E-state index in [4.69, 9.17) is 0 Å². The monoisotopic (exact) mass is 254 g/mol. The molecule has 2 rings (SSSR count). The van der Waals surface area contributed by atoms with Gasteiger partial charge in [-0.3, -0.25) is 4.79 Å². The van der Waals surface area contributed by atoms with Crippen LogP contribution < -0.4 is 10.6 Å². The number of amides is 1. The number of halogens is 2. The molecule has 0 saturated carbocycles. The number of piperidine rings is 1. The highest BCUT2D eigenvalue weighted by Crippen LogP contribution is 2.16. The van der Waals surface area contributed by atoms with E-state index < -0.39 is 11.6 Å². The lowest BCUT2D eigenvalue weighted by Crippen LogP contribution is -2.47. The van der Waals surface area contributed by atoms with Gasteiger partial charge >= 0.3 is 0 Å². The van der Waals surface area contributed by atoms with Crippen molar-refractivity contribution in [3.63, 3.8) is 0 Å². The second kappa shape index (κ2) is 5.44. The number of anilines is 1. The first-order valence-corrected chi connectivity index (χ1v) is 6.08. The first-order valence-electron chi connectivity index (χ1n) is 6.08. The molecular weight excluding hydrogens is 238 g/mol. The number of benzene rings is 1. The Kier molecular flexibility index (Phi) is 3.91.